The third kappa shape index (κ3) is 5.43. The van der Waals surface area contributed by atoms with Crippen molar-refractivity contribution in [1.29, 1.82) is 0 Å². The van der Waals surface area contributed by atoms with Crippen LogP contribution in [-0.4, -0.2) is 35.1 Å². The molecule has 0 saturated heterocycles. The van der Waals surface area contributed by atoms with E-state index in [-0.39, 0.29) is 5.91 Å². The van der Waals surface area contributed by atoms with Gasteiger partial charge in [-0.1, -0.05) is 25.5 Å². The number of hydrogen-bond acceptors (Lipinski definition) is 2. The minimum Gasteiger partial charge on any atom is -0.389 e. The van der Waals surface area contributed by atoms with E-state index in [0.717, 1.165) is 6.42 Å². The van der Waals surface area contributed by atoms with Gasteiger partial charge in [-0.25, -0.2) is 0 Å². The molecule has 0 aliphatic heterocycles. The number of carbonyl (C=O) groups excluding carboxylic acids is 1. The molecule has 3 nitrogen and oxygen atoms in total. The second-order valence-electron chi connectivity index (χ2n) is 5.77. The Bertz CT molecular complexity index is 404. The van der Waals surface area contributed by atoms with Crippen LogP contribution in [-0.2, 0) is 6.42 Å². The molecule has 0 heterocycles. The fraction of sp³-hybridized carbons (Fsp3) is 0.562. The Morgan fingerprint density at radius 2 is 1.84 bits per heavy atom. The van der Waals surface area contributed by atoms with Crippen LogP contribution in [0.5, 0.6) is 0 Å². The van der Waals surface area contributed by atoms with E-state index >= 15 is 0 Å². The molecule has 1 amide bonds. The molecule has 0 fully saturated rings. The Balaban J connectivity index is 2.67. The molecule has 0 radical (unpaired) electrons. The van der Waals surface area contributed by atoms with Crippen LogP contribution in [0, 0.1) is 0 Å². The van der Waals surface area contributed by atoms with Crippen LogP contribution in [0.2, 0.25) is 0 Å². The van der Waals surface area contributed by atoms with Gasteiger partial charge in [0.05, 0.1) is 5.60 Å². The van der Waals surface area contributed by atoms with Gasteiger partial charge in [0.2, 0.25) is 0 Å². The van der Waals surface area contributed by atoms with Gasteiger partial charge in [-0.15, -0.1) is 0 Å². The average molecular weight is 263 g/mol. The van der Waals surface area contributed by atoms with Gasteiger partial charge in [-0.2, -0.15) is 0 Å². The van der Waals surface area contributed by atoms with Crippen LogP contribution in [0.1, 0.15) is 49.5 Å². The van der Waals surface area contributed by atoms with Crippen molar-refractivity contribution in [3.63, 3.8) is 0 Å². The number of rotatable bonds is 6. The second kappa shape index (κ2) is 6.71. The molecule has 1 aromatic carbocycles. The molecule has 0 saturated carbocycles. The molecule has 19 heavy (non-hydrogen) atoms. The van der Waals surface area contributed by atoms with Crippen molar-refractivity contribution in [2.45, 2.75) is 45.6 Å². The summed E-state index contributed by atoms with van der Waals surface area (Å²) in [5.74, 6) is -0.0517. The number of aliphatic hydroxyl groups is 1. The van der Waals surface area contributed by atoms with E-state index in [1.54, 1.807) is 25.8 Å². The second-order valence-corrected chi connectivity index (χ2v) is 5.77. The highest BCUT2D eigenvalue weighted by molar-refractivity contribution is 5.94. The van der Waals surface area contributed by atoms with Crippen LogP contribution in [0.4, 0.5) is 0 Å². The van der Waals surface area contributed by atoms with Crippen molar-refractivity contribution in [3.8, 4) is 0 Å². The molecule has 0 aliphatic carbocycles. The van der Waals surface area contributed by atoms with Crippen LogP contribution in [0.25, 0.3) is 0 Å². The number of unbranched alkanes of at least 4 members (excludes halogenated alkanes) is 1. The molecular weight excluding hydrogens is 238 g/mol. The Hall–Kier alpha value is -1.35. The molecule has 0 aliphatic rings. The van der Waals surface area contributed by atoms with Crippen molar-refractivity contribution >= 4 is 5.91 Å². The van der Waals surface area contributed by atoms with Gasteiger partial charge in [0, 0.05) is 19.2 Å². The summed E-state index contributed by atoms with van der Waals surface area (Å²) in [6.07, 6.45) is 3.41. The van der Waals surface area contributed by atoms with Gasteiger partial charge < -0.3 is 10.0 Å². The summed E-state index contributed by atoms with van der Waals surface area (Å²) in [6, 6.07) is 7.77. The summed E-state index contributed by atoms with van der Waals surface area (Å²) < 4.78 is 0. The van der Waals surface area contributed by atoms with Gasteiger partial charge >= 0.3 is 0 Å². The average Bonchev–Trinajstić information content (AvgIpc) is 2.34. The standard InChI is InChI=1S/C16H25NO2/c1-5-6-7-13-8-10-14(11-9-13)15(18)17(4)12-16(2,3)19/h8-11,19H,5-7,12H2,1-4H3. The van der Waals surface area contributed by atoms with Crippen LogP contribution in [0.3, 0.4) is 0 Å². The van der Waals surface area contributed by atoms with Gasteiger partial charge in [0.25, 0.3) is 5.91 Å². The minimum atomic E-state index is -0.870. The molecular formula is C16H25NO2. The molecule has 1 rings (SSSR count). The van der Waals surface area contributed by atoms with Gasteiger partial charge in [-0.3, -0.25) is 4.79 Å². The van der Waals surface area contributed by atoms with E-state index in [4.69, 9.17) is 0 Å². The maximum Gasteiger partial charge on any atom is 0.253 e. The Morgan fingerprint density at radius 1 is 1.26 bits per heavy atom. The summed E-state index contributed by atoms with van der Waals surface area (Å²) in [5.41, 5.74) is 1.07. The van der Waals surface area contributed by atoms with E-state index in [1.807, 2.05) is 24.3 Å². The smallest absolute Gasteiger partial charge is 0.253 e. The maximum absolute atomic E-state index is 12.2. The third-order valence-corrected chi connectivity index (χ3v) is 2.99. The fourth-order valence-electron chi connectivity index (χ4n) is 2.07. The lowest BCUT2D eigenvalue weighted by Gasteiger charge is -2.25. The number of likely N-dealkylation sites (N-methyl/N-ethyl adjacent to an activating group) is 1. The highest BCUT2D eigenvalue weighted by Crippen LogP contribution is 2.11. The van der Waals surface area contributed by atoms with E-state index in [1.165, 1.54) is 18.4 Å². The quantitative estimate of drug-likeness (QED) is 0.857. The SMILES string of the molecule is CCCCc1ccc(C(=O)N(C)CC(C)(C)O)cc1. The molecule has 106 valence electrons. The van der Waals surface area contributed by atoms with Crippen LogP contribution < -0.4 is 0 Å². The zero-order valence-electron chi connectivity index (χ0n) is 12.4. The lowest BCUT2D eigenvalue weighted by molar-refractivity contribution is 0.0368. The van der Waals surface area contributed by atoms with E-state index < -0.39 is 5.60 Å². The predicted octanol–water partition coefficient (Wildman–Crippen LogP) is 2.87. The molecule has 0 spiro atoms. The van der Waals surface area contributed by atoms with Gasteiger partial charge in [-0.05, 0) is 44.4 Å². The normalized spacial score (nSPS) is 11.4. The number of amides is 1. The van der Waals surface area contributed by atoms with Crippen molar-refractivity contribution in [2.24, 2.45) is 0 Å². The lowest BCUT2D eigenvalue weighted by atomic mass is 10.1. The molecule has 0 bridgehead atoms. The Morgan fingerprint density at radius 3 is 2.32 bits per heavy atom. The highest BCUT2D eigenvalue weighted by Gasteiger charge is 2.20. The summed E-state index contributed by atoms with van der Waals surface area (Å²) in [4.78, 5) is 13.7. The fourth-order valence-corrected chi connectivity index (χ4v) is 2.07. The number of nitrogens with zero attached hydrogens (tertiary/aromatic N) is 1. The zero-order chi connectivity index (χ0) is 14.5. The zero-order valence-corrected chi connectivity index (χ0v) is 12.4. The minimum absolute atomic E-state index is 0.0517. The first-order valence-electron chi connectivity index (χ1n) is 6.90. The first kappa shape index (κ1) is 15.7. The summed E-state index contributed by atoms with van der Waals surface area (Å²) >= 11 is 0. The molecule has 3 heteroatoms. The van der Waals surface area contributed by atoms with Crippen molar-refractivity contribution < 1.29 is 9.90 Å². The largest absolute Gasteiger partial charge is 0.389 e. The highest BCUT2D eigenvalue weighted by atomic mass is 16.3. The maximum atomic E-state index is 12.2. The van der Waals surface area contributed by atoms with Crippen molar-refractivity contribution in [1.82, 2.24) is 4.90 Å². The van der Waals surface area contributed by atoms with Crippen LogP contribution in [0.15, 0.2) is 24.3 Å². The van der Waals surface area contributed by atoms with E-state index in [2.05, 4.69) is 6.92 Å². The number of aryl methyl sites for hydroxylation is 1. The first-order chi connectivity index (χ1) is 8.83. The van der Waals surface area contributed by atoms with Crippen molar-refractivity contribution in [2.75, 3.05) is 13.6 Å². The van der Waals surface area contributed by atoms with Gasteiger partial charge in [0.15, 0.2) is 0 Å². The van der Waals surface area contributed by atoms with E-state index in [9.17, 15) is 9.90 Å². The molecule has 1 aromatic rings. The monoisotopic (exact) mass is 263 g/mol. The predicted molar refractivity (Wildman–Crippen MR) is 78.3 cm³/mol. The summed E-state index contributed by atoms with van der Waals surface area (Å²) in [7, 11) is 1.71. The molecule has 0 atom stereocenters. The third-order valence-electron chi connectivity index (χ3n) is 2.99. The van der Waals surface area contributed by atoms with Gasteiger partial charge in [0.1, 0.15) is 0 Å². The van der Waals surface area contributed by atoms with Crippen molar-refractivity contribution in [3.05, 3.63) is 35.4 Å². The summed E-state index contributed by atoms with van der Waals surface area (Å²) in [5, 5.41) is 9.73. The topological polar surface area (TPSA) is 40.5 Å². The molecule has 1 N–H and O–H groups in total. The Kier molecular flexibility index (Phi) is 5.55. The lowest BCUT2D eigenvalue weighted by Crippen LogP contribution is -2.39. The number of hydrogen-bond donors (Lipinski definition) is 1. The number of benzene rings is 1. The van der Waals surface area contributed by atoms with Crippen LogP contribution >= 0.6 is 0 Å². The van der Waals surface area contributed by atoms with E-state index in [0.29, 0.717) is 12.1 Å². The molecule has 0 unspecified atom stereocenters. The Labute approximate surface area is 116 Å². The number of carbonyl (C=O) groups is 1. The first-order valence-corrected chi connectivity index (χ1v) is 6.90. The molecule has 0 aromatic heterocycles. The summed E-state index contributed by atoms with van der Waals surface area (Å²) in [6.45, 7) is 5.89.